The molecular formula is C12H16O3S. The van der Waals surface area contributed by atoms with Crippen LogP contribution in [0.5, 0.6) is 0 Å². The van der Waals surface area contributed by atoms with Crippen LogP contribution < -0.4 is 0 Å². The van der Waals surface area contributed by atoms with Gasteiger partial charge >= 0.3 is 0 Å². The van der Waals surface area contributed by atoms with Crippen LogP contribution in [0.15, 0.2) is 24.3 Å². The summed E-state index contributed by atoms with van der Waals surface area (Å²) in [5, 5.41) is -0.821. The first-order valence-corrected chi connectivity index (χ1v) is 6.86. The molecular weight excluding hydrogens is 224 g/mol. The molecule has 3 nitrogen and oxygen atoms in total. The van der Waals surface area contributed by atoms with Crippen molar-refractivity contribution in [3.63, 3.8) is 0 Å². The van der Waals surface area contributed by atoms with Crippen molar-refractivity contribution < 1.29 is 13.2 Å². The van der Waals surface area contributed by atoms with Crippen LogP contribution in [0.1, 0.15) is 36.7 Å². The minimum atomic E-state index is -3.66. The maximum absolute atomic E-state index is 11.6. The molecule has 0 aliphatic rings. The fourth-order valence-corrected chi connectivity index (χ4v) is 1.88. The Hall–Kier alpha value is -1.16. The Morgan fingerprint density at radius 2 is 1.75 bits per heavy atom. The second-order valence-electron chi connectivity index (χ2n) is 4.89. The van der Waals surface area contributed by atoms with E-state index >= 15 is 0 Å². The van der Waals surface area contributed by atoms with E-state index in [4.69, 9.17) is 0 Å². The third kappa shape index (κ3) is 2.92. The van der Waals surface area contributed by atoms with Crippen molar-refractivity contribution >= 4 is 15.0 Å². The van der Waals surface area contributed by atoms with Gasteiger partial charge in [0.15, 0.2) is 0 Å². The van der Waals surface area contributed by atoms with E-state index < -0.39 is 15.0 Å². The summed E-state index contributed by atoms with van der Waals surface area (Å²) in [7, 11) is -3.66. The molecule has 1 aromatic rings. The molecule has 0 fully saturated rings. The van der Waals surface area contributed by atoms with Crippen molar-refractivity contribution in [2.75, 3.05) is 6.26 Å². The highest BCUT2D eigenvalue weighted by molar-refractivity contribution is 8.06. The van der Waals surface area contributed by atoms with Gasteiger partial charge < -0.3 is 0 Å². The molecule has 0 aliphatic heterocycles. The van der Waals surface area contributed by atoms with Crippen molar-refractivity contribution in [1.29, 1.82) is 0 Å². The highest BCUT2D eigenvalue weighted by atomic mass is 32.2. The van der Waals surface area contributed by atoms with Crippen molar-refractivity contribution in [3.05, 3.63) is 35.4 Å². The van der Waals surface area contributed by atoms with Gasteiger partial charge in [-0.15, -0.1) is 0 Å². The summed E-state index contributed by atoms with van der Waals surface area (Å²) in [6.45, 7) is 6.03. The fourth-order valence-electron chi connectivity index (χ4n) is 1.33. The summed E-state index contributed by atoms with van der Waals surface area (Å²) in [6.07, 6.45) is 0.930. The monoisotopic (exact) mass is 240 g/mol. The molecule has 0 spiro atoms. The zero-order valence-corrected chi connectivity index (χ0v) is 10.8. The number of carbonyl (C=O) groups excluding carboxylic acids is 1. The highest BCUT2D eigenvalue weighted by Crippen LogP contribution is 2.23. The van der Waals surface area contributed by atoms with Crippen molar-refractivity contribution in [2.45, 2.75) is 26.2 Å². The topological polar surface area (TPSA) is 51.2 Å². The molecule has 0 atom stereocenters. The average molecular weight is 240 g/mol. The summed E-state index contributed by atoms with van der Waals surface area (Å²) in [6, 6.07) is 6.76. The van der Waals surface area contributed by atoms with Gasteiger partial charge in [0.25, 0.3) is 5.12 Å². The number of carbonyl (C=O) groups is 1. The van der Waals surface area contributed by atoms with Gasteiger partial charge in [-0.2, -0.15) is 0 Å². The molecule has 0 saturated heterocycles. The molecule has 4 heteroatoms. The van der Waals surface area contributed by atoms with Gasteiger partial charge in [0, 0.05) is 11.8 Å². The normalized spacial score (nSPS) is 12.5. The molecule has 0 aromatic heterocycles. The van der Waals surface area contributed by atoms with E-state index in [0.29, 0.717) is 0 Å². The van der Waals surface area contributed by atoms with Crippen LogP contribution in [-0.2, 0) is 15.3 Å². The first-order chi connectivity index (χ1) is 7.12. The third-order valence-corrected chi connectivity index (χ3v) is 3.21. The third-order valence-electron chi connectivity index (χ3n) is 2.30. The van der Waals surface area contributed by atoms with Gasteiger partial charge in [0.1, 0.15) is 0 Å². The molecule has 0 bridgehead atoms. The summed E-state index contributed by atoms with van der Waals surface area (Å²) < 4.78 is 22.3. The van der Waals surface area contributed by atoms with E-state index in [1.165, 1.54) is 6.07 Å². The van der Waals surface area contributed by atoms with Gasteiger partial charge in [-0.3, -0.25) is 4.79 Å². The summed E-state index contributed by atoms with van der Waals surface area (Å²) in [5.74, 6) is 0. The molecule has 16 heavy (non-hydrogen) atoms. The summed E-state index contributed by atoms with van der Waals surface area (Å²) in [5.41, 5.74) is 1.07. The van der Waals surface area contributed by atoms with E-state index in [9.17, 15) is 13.2 Å². The van der Waals surface area contributed by atoms with Crippen LogP contribution in [-0.4, -0.2) is 19.8 Å². The molecule has 0 saturated carbocycles. The van der Waals surface area contributed by atoms with Gasteiger partial charge in [-0.1, -0.05) is 39.0 Å². The predicted octanol–water partition coefficient (Wildman–Crippen LogP) is 2.17. The number of sulfone groups is 1. The largest absolute Gasteiger partial charge is 0.276 e. The van der Waals surface area contributed by atoms with Gasteiger partial charge in [0.05, 0.1) is 0 Å². The minimum absolute atomic E-state index is 0.103. The van der Waals surface area contributed by atoms with Crippen LogP contribution >= 0.6 is 0 Å². The fraction of sp³-hybridized carbons (Fsp3) is 0.417. The second-order valence-corrected chi connectivity index (χ2v) is 6.81. The lowest BCUT2D eigenvalue weighted by Crippen LogP contribution is -2.16. The Morgan fingerprint density at radius 3 is 2.19 bits per heavy atom. The van der Waals surface area contributed by atoms with Gasteiger partial charge in [0.2, 0.25) is 9.84 Å². The van der Waals surface area contributed by atoms with Crippen molar-refractivity contribution in [3.8, 4) is 0 Å². The van der Waals surface area contributed by atoms with E-state index in [2.05, 4.69) is 0 Å². The minimum Gasteiger partial charge on any atom is -0.276 e. The van der Waals surface area contributed by atoms with E-state index in [0.717, 1.165) is 11.8 Å². The van der Waals surface area contributed by atoms with Crippen molar-refractivity contribution in [2.24, 2.45) is 0 Å². The maximum Gasteiger partial charge on any atom is 0.276 e. The Kier molecular flexibility index (Phi) is 3.24. The Bertz CT molecular complexity index is 507. The van der Waals surface area contributed by atoms with E-state index in [1.807, 2.05) is 26.8 Å². The zero-order valence-electron chi connectivity index (χ0n) is 9.94. The number of hydrogen-bond donors (Lipinski definition) is 0. The lowest BCUT2D eigenvalue weighted by molar-refractivity contribution is 0.107. The zero-order chi connectivity index (χ0) is 12.6. The van der Waals surface area contributed by atoms with Crippen LogP contribution in [0, 0.1) is 0 Å². The maximum atomic E-state index is 11.6. The molecule has 88 valence electrons. The molecule has 1 aromatic carbocycles. The van der Waals surface area contributed by atoms with Gasteiger partial charge in [-0.05, 0) is 17.0 Å². The smallest absolute Gasteiger partial charge is 0.276 e. The Labute approximate surface area is 96.4 Å². The van der Waals surface area contributed by atoms with Gasteiger partial charge in [-0.25, -0.2) is 8.42 Å². The summed E-state index contributed by atoms with van der Waals surface area (Å²) >= 11 is 0. The highest BCUT2D eigenvalue weighted by Gasteiger charge is 2.20. The van der Waals surface area contributed by atoms with Crippen LogP contribution in [0.4, 0.5) is 0 Å². The van der Waals surface area contributed by atoms with Crippen LogP contribution in [0.3, 0.4) is 0 Å². The molecule has 0 aliphatic carbocycles. The Balaban J connectivity index is 3.25. The molecule has 0 amide bonds. The second kappa shape index (κ2) is 4.01. The molecule has 0 unspecified atom stereocenters. The SMILES string of the molecule is CC(C)(C)c1cccc(C(=O)S(C)(=O)=O)c1. The first kappa shape index (κ1) is 12.9. The lowest BCUT2D eigenvalue weighted by Gasteiger charge is -2.19. The number of benzene rings is 1. The Morgan fingerprint density at radius 1 is 1.19 bits per heavy atom. The first-order valence-electron chi connectivity index (χ1n) is 4.97. The quantitative estimate of drug-likeness (QED) is 0.756. The average Bonchev–Trinajstić information content (AvgIpc) is 2.14. The van der Waals surface area contributed by atoms with Crippen molar-refractivity contribution in [1.82, 2.24) is 0 Å². The molecule has 0 N–H and O–H groups in total. The predicted molar refractivity (Wildman–Crippen MR) is 64.3 cm³/mol. The number of hydrogen-bond acceptors (Lipinski definition) is 3. The molecule has 1 rings (SSSR count). The number of rotatable bonds is 1. The standard InChI is InChI=1S/C12H16O3S/c1-12(2,3)10-7-5-6-9(8-10)11(13)16(4,14)15/h5-8H,1-4H3. The van der Waals surface area contributed by atoms with Crippen LogP contribution in [0.25, 0.3) is 0 Å². The summed E-state index contributed by atoms with van der Waals surface area (Å²) in [4.78, 5) is 11.6. The lowest BCUT2D eigenvalue weighted by atomic mass is 9.86. The van der Waals surface area contributed by atoms with E-state index in [1.54, 1.807) is 12.1 Å². The van der Waals surface area contributed by atoms with E-state index in [-0.39, 0.29) is 11.0 Å². The van der Waals surface area contributed by atoms with Crippen LogP contribution in [0.2, 0.25) is 0 Å². The molecule has 0 heterocycles. The molecule has 0 radical (unpaired) electrons.